The molecule has 3 N–H and O–H groups in total. The van der Waals surface area contributed by atoms with Gasteiger partial charge in [0.05, 0.1) is 41.4 Å². The van der Waals surface area contributed by atoms with E-state index in [1.165, 1.54) is 10.7 Å². The van der Waals surface area contributed by atoms with Crippen LogP contribution in [0.1, 0.15) is 10.4 Å². The fourth-order valence-electron chi connectivity index (χ4n) is 3.63. The molecule has 158 valence electrons. The van der Waals surface area contributed by atoms with E-state index in [-0.39, 0.29) is 17.4 Å². The summed E-state index contributed by atoms with van der Waals surface area (Å²) in [6, 6.07) is 2.15. The van der Waals surface area contributed by atoms with Gasteiger partial charge in [0.15, 0.2) is 11.5 Å². The van der Waals surface area contributed by atoms with Gasteiger partial charge in [0, 0.05) is 39.1 Å². The van der Waals surface area contributed by atoms with Crippen molar-refractivity contribution in [1.29, 1.82) is 0 Å². The van der Waals surface area contributed by atoms with Crippen molar-refractivity contribution in [3.63, 3.8) is 0 Å². The molecule has 0 bridgehead atoms. The molecule has 1 saturated heterocycles. The van der Waals surface area contributed by atoms with E-state index >= 15 is 0 Å². The fraction of sp³-hybridized carbons (Fsp3) is 0.368. The summed E-state index contributed by atoms with van der Waals surface area (Å²) in [6.45, 7) is 3.11. The largest absolute Gasteiger partial charge is 0.383 e. The molecule has 0 aromatic carbocycles. The molecule has 3 aromatic heterocycles. The number of nitrogens with one attached hydrogen (secondary N) is 1. The average molecular weight is 431 g/mol. The van der Waals surface area contributed by atoms with Crippen molar-refractivity contribution in [2.24, 2.45) is 0 Å². The summed E-state index contributed by atoms with van der Waals surface area (Å²) in [4.78, 5) is 25.9. The lowest BCUT2D eigenvalue weighted by Gasteiger charge is -2.40. The minimum absolute atomic E-state index is 0.0764. The number of carbonyl (C=O) groups excluding carboxylic acids is 1. The molecular formula is C19H23ClN8O2. The number of halogens is 1. The summed E-state index contributed by atoms with van der Waals surface area (Å²) >= 11 is 5.95. The highest BCUT2D eigenvalue weighted by Gasteiger charge is 2.27. The summed E-state index contributed by atoms with van der Waals surface area (Å²) in [5.41, 5.74) is 7.99. The molecule has 1 atom stereocenters. The third kappa shape index (κ3) is 3.89. The van der Waals surface area contributed by atoms with Gasteiger partial charge in [0.25, 0.3) is 5.91 Å². The number of methoxy groups -OCH3 is 1. The van der Waals surface area contributed by atoms with Crippen LogP contribution in [-0.4, -0.2) is 76.8 Å². The van der Waals surface area contributed by atoms with Gasteiger partial charge in [-0.2, -0.15) is 0 Å². The second-order valence-electron chi connectivity index (χ2n) is 7.18. The molecule has 1 aliphatic rings. The van der Waals surface area contributed by atoms with Crippen LogP contribution in [0.2, 0.25) is 5.02 Å². The number of anilines is 3. The van der Waals surface area contributed by atoms with Crippen LogP contribution in [-0.2, 0) is 4.74 Å². The Bertz CT molecular complexity index is 1070. The number of fused-ring (bicyclic) bond motifs is 1. The Balaban J connectivity index is 1.61. The number of pyridine rings is 1. The predicted molar refractivity (Wildman–Crippen MR) is 115 cm³/mol. The van der Waals surface area contributed by atoms with Gasteiger partial charge in [-0.1, -0.05) is 11.6 Å². The number of nitrogen functional groups attached to an aromatic ring is 1. The molecular weight excluding hydrogens is 408 g/mol. The molecule has 0 saturated carbocycles. The number of nitrogens with two attached hydrogens (primary N) is 1. The van der Waals surface area contributed by atoms with Gasteiger partial charge in [0.2, 0.25) is 0 Å². The number of amides is 1. The molecule has 1 fully saturated rings. The monoisotopic (exact) mass is 430 g/mol. The van der Waals surface area contributed by atoms with Crippen LogP contribution >= 0.6 is 11.6 Å². The third-order valence-electron chi connectivity index (χ3n) is 5.22. The summed E-state index contributed by atoms with van der Waals surface area (Å²) in [6.07, 6.45) is 6.34. The first kappa shape index (κ1) is 20.3. The van der Waals surface area contributed by atoms with E-state index in [4.69, 9.17) is 22.1 Å². The molecule has 0 aliphatic carbocycles. The molecule has 30 heavy (non-hydrogen) atoms. The Kier molecular flexibility index (Phi) is 5.71. The molecule has 11 heteroatoms. The number of rotatable bonds is 5. The zero-order valence-corrected chi connectivity index (χ0v) is 17.5. The number of aromatic nitrogens is 4. The number of hydrogen-bond acceptors (Lipinski definition) is 8. The van der Waals surface area contributed by atoms with Crippen LogP contribution in [0.25, 0.3) is 5.65 Å². The van der Waals surface area contributed by atoms with Gasteiger partial charge in [0.1, 0.15) is 5.56 Å². The summed E-state index contributed by atoms with van der Waals surface area (Å²) in [7, 11) is 3.79. The topological polar surface area (TPSA) is 114 Å². The molecule has 0 radical (unpaired) electrons. The second kappa shape index (κ2) is 8.42. The minimum Gasteiger partial charge on any atom is -0.383 e. The molecule has 4 heterocycles. The van der Waals surface area contributed by atoms with E-state index in [0.717, 1.165) is 25.3 Å². The van der Waals surface area contributed by atoms with E-state index in [1.54, 1.807) is 25.7 Å². The molecule has 0 spiro atoms. The fourth-order valence-corrected chi connectivity index (χ4v) is 3.77. The zero-order chi connectivity index (χ0) is 21.3. The van der Waals surface area contributed by atoms with Crippen molar-refractivity contribution in [2.75, 3.05) is 56.3 Å². The van der Waals surface area contributed by atoms with Crippen molar-refractivity contribution in [2.45, 2.75) is 6.04 Å². The van der Waals surface area contributed by atoms with Crippen LogP contribution in [0.15, 0.2) is 30.9 Å². The molecule has 1 unspecified atom stereocenters. The Hall–Kier alpha value is -2.95. The van der Waals surface area contributed by atoms with E-state index < -0.39 is 5.91 Å². The van der Waals surface area contributed by atoms with Crippen molar-refractivity contribution in [1.82, 2.24) is 24.5 Å². The lowest BCUT2D eigenvalue weighted by molar-refractivity contribution is 0.0986. The van der Waals surface area contributed by atoms with E-state index in [9.17, 15) is 4.79 Å². The number of ether oxygens (including phenoxy) is 1. The highest BCUT2D eigenvalue weighted by atomic mass is 35.5. The predicted octanol–water partition coefficient (Wildman–Crippen LogP) is 1.38. The highest BCUT2D eigenvalue weighted by Crippen LogP contribution is 2.28. The van der Waals surface area contributed by atoms with Crippen LogP contribution in [0.4, 0.5) is 17.2 Å². The van der Waals surface area contributed by atoms with Gasteiger partial charge in [-0.25, -0.2) is 9.50 Å². The van der Waals surface area contributed by atoms with Crippen LogP contribution in [0.5, 0.6) is 0 Å². The number of nitrogens with zero attached hydrogens (tertiary/aromatic N) is 6. The SMILES string of the molecule is COCC1CN(c2ccncc2NC(=O)c2c(N)nn3cc(Cl)cnc23)CCN1C. The summed E-state index contributed by atoms with van der Waals surface area (Å²) in [5.74, 6) is -0.332. The average Bonchev–Trinajstić information content (AvgIpc) is 3.05. The quantitative estimate of drug-likeness (QED) is 0.624. The van der Waals surface area contributed by atoms with Gasteiger partial charge < -0.3 is 20.7 Å². The Morgan fingerprint density at radius 1 is 1.40 bits per heavy atom. The first-order valence-electron chi connectivity index (χ1n) is 9.46. The van der Waals surface area contributed by atoms with Crippen molar-refractivity contribution in [3.05, 3.63) is 41.4 Å². The normalized spacial score (nSPS) is 17.4. The molecule has 3 aromatic rings. The maximum atomic E-state index is 13.1. The number of carbonyl (C=O) groups is 1. The van der Waals surface area contributed by atoms with Crippen LogP contribution < -0.4 is 16.0 Å². The maximum absolute atomic E-state index is 13.1. The van der Waals surface area contributed by atoms with Crippen LogP contribution in [0.3, 0.4) is 0 Å². The highest BCUT2D eigenvalue weighted by molar-refractivity contribution is 6.30. The maximum Gasteiger partial charge on any atom is 0.263 e. The second-order valence-corrected chi connectivity index (χ2v) is 7.62. The minimum atomic E-state index is -0.408. The lowest BCUT2D eigenvalue weighted by Crippen LogP contribution is -2.53. The summed E-state index contributed by atoms with van der Waals surface area (Å²) in [5, 5.41) is 7.45. The molecule has 1 amide bonds. The number of piperazine rings is 1. The lowest BCUT2D eigenvalue weighted by atomic mass is 10.1. The number of hydrogen-bond donors (Lipinski definition) is 2. The van der Waals surface area contributed by atoms with Crippen molar-refractivity contribution < 1.29 is 9.53 Å². The van der Waals surface area contributed by atoms with Gasteiger partial charge in [-0.3, -0.25) is 14.7 Å². The van der Waals surface area contributed by atoms with Crippen molar-refractivity contribution in [3.8, 4) is 0 Å². The van der Waals surface area contributed by atoms with E-state index in [2.05, 4.69) is 37.2 Å². The van der Waals surface area contributed by atoms with Gasteiger partial charge in [-0.05, 0) is 13.1 Å². The smallest absolute Gasteiger partial charge is 0.263 e. The van der Waals surface area contributed by atoms with E-state index in [1.807, 2.05) is 6.07 Å². The molecule has 10 nitrogen and oxygen atoms in total. The van der Waals surface area contributed by atoms with Gasteiger partial charge >= 0.3 is 0 Å². The Morgan fingerprint density at radius 3 is 3.03 bits per heavy atom. The molecule has 4 rings (SSSR count). The summed E-state index contributed by atoms with van der Waals surface area (Å²) < 4.78 is 6.75. The third-order valence-corrected chi connectivity index (χ3v) is 5.41. The van der Waals surface area contributed by atoms with Crippen LogP contribution in [0, 0.1) is 0 Å². The standard InChI is InChI=1S/C19H23ClN8O2/c1-26-5-6-27(10-13(26)11-30-2)15-3-4-22-8-14(15)24-19(29)16-17(21)25-28-9-12(20)7-23-18(16)28/h3-4,7-9,13H,5-6,10-11H2,1-2H3,(H2,21,25)(H,24,29). The Labute approximate surface area is 178 Å². The first-order chi connectivity index (χ1) is 14.5. The van der Waals surface area contributed by atoms with E-state index in [0.29, 0.717) is 23.0 Å². The zero-order valence-electron chi connectivity index (χ0n) is 16.7. The Morgan fingerprint density at radius 2 is 2.23 bits per heavy atom. The molecule has 1 aliphatic heterocycles. The van der Waals surface area contributed by atoms with Crippen molar-refractivity contribution >= 4 is 40.3 Å². The number of likely N-dealkylation sites (N-methyl/N-ethyl adjacent to an activating group) is 1. The first-order valence-corrected chi connectivity index (χ1v) is 9.84. The van der Waals surface area contributed by atoms with Gasteiger partial charge in [-0.15, -0.1) is 5.10 Å².